The largest absolute Gasteiger partial charge is 0.453 e. The van der Waals surface area contributed by atoms with Crippen molar-refractivity contribution in [2.75, 3.05) is 0 Å². The van der Waals surface area contributed by atoms with Crippen LogP contribution in [0, 0.1) is 0 Å². The first-order valence-electron chi connectivity index (χ1n) is 8.04. The Kier molecular flexibility index (Phi) is 4.51. The van der Waals surface area contributed by atoms with Gasteiger partial charge in [-0.15, -0.1) is 10.2 Å². The summed E-state index contributed by atoms with van der Waals surface area (Å²) in [5, 5.41) is 11.4. The smallest absolute Gasteiger partial charge is 0.200 e. The van der Waals surface area contributed by atoms with Gasteiger partial charge in [0, 0.05) is 22.7 Å². The summed E-state index contributed by atoms with van der Waals surface area (Å²) in [4.78, 5) is 0. The maximum atomic E-state index is 5.94. The van der Waals surface area contributed by atoms with Gasteiger partial charge in [-0.3, -0.25) is 4.57 Å². The maximum Gasteiger partial charge on any atom is 0.200 e. The predicted molar refractivity (Wildman–Crippen MR) is 102 cm³/mol. The SMILES string of the molecule is CCn1c(SCc2ccc(Cl)cc2)nnc1-c1cc2ccccc2o1. The van der Waals surface area contributed by atoms with Crippen LogP contribution in [0.2, 0.25) is 5.02 Å². The molecule has 4 nitrogen and oxygen atoms in total. The van der Waals surface area contributed by atoms with Crippen LogP contribution in [0.1, 0.15) is 12.5 Å². The predicted octanol–water partition coefficient (Wildman–Crippen LogP) is 5.66. The van der Waals surface area contributed by atoms with Crippen molar-refractivity contribution in [3.8, 4) is 11.6 Å². The fraction of sp³-hybridized carbons (Fsp3) is 0.158. The fourth-order valence-corrected chi connectivity index (χ4v) is 3.77. The van der Waals surface area contributed by atoms with Crippen molar-refractivity contribution >= 4 is 34.3 Å². The van der Waals surface area contributed by atoms with Crippen molar-refractivity contribution in [3.63, 3.8) is 0 Å². The van der Waals surface area contributed by atoms with Crippen LogP contribution in [0.15, 0.2) is 64.2 Å². The van der Waals surface area contributed by atoms with E-state index in [2.05, 4.69) is 21.7 Å². The Morgan fingerprint density at radius 3 is 2.64 bits per heavy atom. The zero-order chi connectivity index (χ0) is 17.2. The Labute approximate surface area is 154 Å². The summed E-state index contributed by atoms with van der Waals surface area (Å²) in [6.07, 6.45) is 0. The first-order valence-corrected chi connectivity index (χ1v) is 9.40. The minimum atomic E-state index is 0.744. The van der Waals surface area contributed by atoms with Crippen molar-refractivity contribution in [1.82, 2.24) is 14.8 Å². The van der Waals surface area contributed by atoms with Gasteiger partial charge < -0.3 is 4.42 Å². The number of thioether (sulfide) groups is 1. The molecule has 0 saturated carbocycles. The molecule has 0 unspecified atom stereocenters. The van der Waals surface area contributed by atoms with E-state index < -0.39 is 0 Å². The van der Waals surface area contributed by atoms with Gasteiger partial charge >= 0.3 is 0 Å². The highest BCUT2D eigenvalue weighted by Crippen LogP contribution is 2.30. The van der Waals surface area contributed by atoms with E-state index in [-0.39, 0.29) is 0 Å². The van der Waals surface area contributed by atoms with E-state index in [0.717, 1.165) is 45.0 Å². The lowest BCUT2D eigenvalue weighted by Crippen LogP contribution is -1.99. The van der Waals surface area contributed by atoms with Gasteiger partial charge in [0.05, 0.1) is 0 Å². The van der Waals surface area contributed by atoms with Gasteiger partial charge in [-0.1, -0.05) is 53.7 Å². The summed E-state index contributed by atoms with van der Waals surface area (Å²) in [5.74, 6) is 2.32. The Hall–Kier alpha value is -2.24. The second-order valence-corrected chi connectivity index (χ2v) is 6.99. The van der Waals surface area contributed by atoms with E-state index in [1.165, 1.54) is 5.56 Å². The molecule has 0 aliphatic carbocycles. The topological polar surface area (TPSA) is 43.9 Å². The van der Waals surface area contributed by atoms with Crippen LogP contribution in [0.5, 0.6) is 0 Å². The van der Waals surface area contributed by atoms with Crippen LogP contribution in [-0.2, 0) is 12.3 Å². The Bertz CT molecular complexity index is 974. The zero-order valence-electron chi connectivity index (χ0n) is 13.6. The Morgan fingerprint density at radius 2 is 1.88 bits per heavy atom. The summed E-state index contributed by atoms with van der Waals surface area (Å²) in [6, 6.07) is 17.8. The monoisotopic (exact) mass is 369 g/mol. The highest BCUT2D eigenvalue weighted by molar-refractivity contribution is 7.98. The molecule has 2 aromatic heterocycles. The molecule has 6 heteroatoms. The quantitative estimate of drug-likeness (QED) is 0.426. The molecule has 25 heavy (non-hydrogen) atoms. The molecule has 126 valence electrons. The Balaban J connectivity index is 1.61. The fourth-order valence-electron chi connectivity index (χ4n) is 2.68. The van der Waals surface area contributed by atoms with Crippen LogP contribution in [0.4, 0.5) is 0 Å². The molecule has 0 amide bonds. The third kappa shape index (κ3) is 3.30. The van der Waals surface area contributed by atoms with E-state index >= 15 is 0 Å². The minimum absolute atomic E-state index is 0.744. The molecular weight excluding hydrogens is 354 g/mol. The molecule has 2 heterocycles. The standard InChI is InChI=1S/C19H16ClN3OS/c1-2-23-18(17-11-14-5-3-4-6-16(14)24-17)21-22-19(23)25-12-13-7-9-15(20)10-8-13/h3-11H,2,12H2,1H3. The van der Waals surface area contributed by atoms with Gasteiger partial charge in [0.25, 0.3) is 0 Å². The lowest BCUT2D eigenvalue weighted by Gasteiger charge is -2.06. The maximum absolute atomic E-state index is 5.94. The van der Waals surface area contributed by atoms with Gasteiger partial charge in [0.15, 0.2) is 10.9 Å². The molecule has 0 atom stereocenters. The molecule has 0 saturated heterocycles. The van der Waals surface area contributed by atoms with Gasteiger partial charge in [-0.05, 0) is 36.8 Å². The summed E-state index contributed by atoms with van der Waals surface area (Å²) < 4.78 is 8.02. The molecule has 4 aromatic rings. The average Bonchev–Trinajstić information content (AvgIpc) is 3.24. The molecule has 0 aliphatic heterocycles. The number of halogens is 1. The first kappa shape index (κ1) is 16.2. The highest BCUT2D eigenvalue weighted by Gasteiger charge is 2.16. The summed E-state index contributed by atoms with van der Waals surface area (Å²) >= 11 is 7.60. The van der Waals surface area contributed by atoms with E-state index in [0.29, 0.717) is 0 Å². The summed E-state index contributed by atoms with van der Waals surface area (Å²) in [7, 11) is 0. The third-order valence-corrected chi connectivity index (χ3v) is 5.25. The van der Waals surface area contributed by atoms with Crippen LogP contribution < -0.4 is 0 Å². The summed E-state index contributed by atoms with van der Waals surface area (Å²) in [5.41, 5.74) is 2.06. The first-order chi connectivity index (χ1) is 12.2. The van der Waals surface area contributed by atoms with Gasteiger partial charge in [0.1, 0.15) is 5.58 Å². The number of para-hydroxylation sites is 1. The van der Waals surface area contributed by atoms with Crippen LogP contribution in [0.3, 0.4) is 0 Å². The second kappa shape index (κ2) is 6.94. The van der Waals surface area contributed by atoms with E-state index in [1.54, 1.807) is 11.8 Å². The average molecular weight is 370 g/mol. The molecule has 4 rings (SSSR count). The number of rotatable bonds is 5. The van der Waals surface area contributed by atoms with E-state index in [1.807, 2.05) is 54.6 Å². The number of hydrogen-bond acceptors (Lipinski definition) is 4. The number of nitrogens with zero attached hydrogens (tertiary/aromatic N) is 3. The van der Waals surface area contributed by atoms with E-state index in [9.17, 15) is 0 Å². The number of fused-ring (bicyclic) bond motifs is 1. The van der Waals surface area contributed by atoms with Crippen molar-refractivity contribution in [1.29, 1.82) is 0 Å². The van der Waals surface area contributed by atoms with Gasteiger partial charge in [-0.2, -0.15) is 0 Å². The number of hydrogen-bond donors (Lipinski definition) is 0. The van der Waals surface area contributed by atoms with Gasteiger partial charge in [-0.25, -0.2) is 0 Å². The molecule has 0 fully saturated rings. The normalized spacial score (nSPS) is 11.3. The Morgan fingerprint density at radius 1 is 1.08 bits per heavy atom. The molecule has 0 radical (unpaired) electrons. The lowest BCUT2D eigenvalue weighted by molar-refractivity contribution is 0.607. The molecule has 0 N–H and O–H groups in total. The van der Waals surface area contributed by atoms with E-state index in [4.69, 9.17) is 16.0 Å². The third-order valence-electron chi connectivity index (χ3n) is 3.96. The summed E-state index contributed by atoms with van der Waals surface area (Å²) in [6.45, 7) is 2.87. The number of furan rings is 1. The van der Waals surface area contributed by atoms with Crippen molar-refractivity contribution < 1.29 is 4.42 Å². The van der Waals surface area contributed by atoms with Crippen molar-refractivity contribution in [2.45, 2.75) is 24.4 Å². The van der Waals surface area contributed by atoms with Crippen molar-refractivity contribution in [2.24, 2.45) is 0 Å². The molecule has 2 aromatic carbocycles. The molecule has 0 aliphatic rings. The zero-order valence-corrected chi connectivity index (χ0v) is 15.2. The number of benzene rings is 2. The lowest BCUT2D eigenvalue weighted by atomic mass is 10.2. The highest BCUT2D eigenvalue weighted by atomic mass is 35.5. The van der Waals surface area contributed by atoms with Crippen LogP contribution in [0.25, 0.3) is 22.6 Å². The van der Waals surface area contributed by atoms with Gasteiger partial charge in [0.2, 0.25) is 5.82 Å². The minimum Gasteiger partial charge on any atom is -0.453 e. The van der Waals surface area contributed by atoms with Crippen LogP contribution >= 0.6 is 23.4 Å². The molecule has 0 spiro atoms. The number of aromatic nitrogens is 3. The van der Waals surface area contributed by atoms with Crippen LogP contribution in [-0.4, -0.2) is 14.8 Å². The molecule has 0 bridgehead atoms. The molecular formula is C19H16ClN3OS. The second-order valence-electron chi connectivity index (χ2n) is 5.61. The van der Waals surface area contributed by atoms with Crippen molar-refractivity contribution in [3.05, 3.63) is 65.2 Å².